The molecule has 0 bridgehead atoms. The Labute approximate surface area is 144 Å². The second-order valence-corrected chi connectivity index (χ2v) is 6.11. The Kier molecular flexibility index (Phi) is 3.90. The van der Waals surface area contributed by atoms with Crippen molar-refractivity contribution in [2.45, 2.75) is 18.9 Å². The molecule has 2 aliphatic heterocycles. The number of aromatic amines is 1. The quantitative estimate of drug-likeness (QED) is 0.821. The number of hydrazone groups is 2. The van der Waals surface area contributed by atoms with E-state index in [1.165, 1.54) is 6.33 Å². The van der Waals surface area contributed by atoms with Crippen LogP contribution in [0.3, 0.4) is 0 Å². The fourth-order valence-corrected chi connectivity index (χ4v) is 2.95. The van der Waals surface area contributed by atoms with Gasteiger partial charge in [0.25, 0.3) is 0 Å². The molecule has 3 aliphatic rings. The van der Waals surface area contributed by atoms with E-state index in [1.807, 2.05) is 35.4 Å². The summed E-state index contributed by atoms with van der Waals surface area (Å²) in [5, 5.41) is 19.3. The van der Waals surface area contributed by atoms with Crippen LogP contribution in [0.25, 0.3) is 5.57 Å². The zero-order chi connectivity index (χ0) is 17.2. The number of likely N-dealkylation sites (N-methyl/N-ethyl adjacent to an activating group) is 1. The summed E-state index contributed by atoms with van der Waals surface area (Å²) in [6.45, 7) is 1.42. The molecule has 1 unspecified atom stereocenters. The topological polar surface area (TPSA) is 89.8 Å². The van der Waals surface area contributed by atoms with E-state index in [9.17, 15) is 4.79 Å². The number of Topliss-reactive ketones (excluding diaryl/α,β-unsaturated/α-hetero) is 1. The molecule has 8 heteroatoms. The van der Waals surface area contributed by atoms with Gasteiger partial charge in [-0.2, -0.15) is 15.3 Å². The van der Waals surface area contributed by atoms with Crippen LogP contribution in [0, 0.1) is 0 Å². The van der Waals surface area contributed by atoms with Crippen LogP contribution in [-0.2, 0) is 4.79 Å². The van der Waals surface area contributed by atoms with Gasteiger partial charge in [0.05, 0.1) is 18.3 Å². The molecule has 0 amide bonds. The first kappa shape index (κ1) is 15.3. The van der Waals surface area contributed by atoms with Gasteiger partial charge in [0.2, 0.25) is 0 Å². The lowest BCUT2D eigenvalue weighted by molar-refractivity contribution is -0.114. The van der Waals surface area contributed by atoms with Gasteiger partial charge in [-0.3, -0.25) is 19.9 Å². The normalized spacial score (nSPS) is 22.4. The first-order valence-corrected chi connectivity index (χ1v) is 8.09. The molecule has 126 valence electrons. The third-order valence-corrected chi connectivity index (χ3v) is 4.24. The zero-order valence-corrected chi connectivity index (χ0v) is 13.8. The standard InChI is InChI=1S/C17H17N7O/c1-23-10-14(9-20-23)24-6-5-16(25)15(22-24)8-12-3-2-4-13(7-12)17-18-11-19-21-17/h3,7,9,11,14H,5-6,8,10H2,1H3,(H,18,19,21). The third kappa shape index (κ3) is 3.21. The lowest BCUT2D eigenvalue weighted by Gasteiger charge is -2.28. The molecule has 1 aliphatic carbocycles. The van der Waals surface area contributed by atoms with Gasteiger partial charge < -0.3 is 0 Å². The monoisotopic (exact) mass is 335 g/mol. The van der Waals surface area contributed by atoms with E-state index in [2.05, 4.69) is 36.8 Å². The van der Waals surface area contributed by atoms with Crippen LogP contribution in [0.5, 0.6) is 0 Å². The van der Waals surface area contributed by atoms with Gasteiger partial charge >= 0.3 is 0 Å². The number of ketones is 1. The van der Waals surface area contributed by atoms with Crippen LogP contribution in [0.2, 0.25) is 0 Å². The first-order chi connectivity index (χ1) is 12.2. The average Bonchev–Trinajstić information content (AvgIpc) is 3.29. The lowest BCUT2D eigenvalue weighted by atomic mass is 9.99. The number of rotatable bonds is 4. The largest absolute Gasteiger partial charge is 0.298 e. The number of H-pyrrole nitrogens is 1. The molecular weight excluding hydrogens is 318 g/mol. The summed E-state index contributed by atoms with van der Waals surface area (Å²) >= 11 is 0. The summed E-state index contributed by atoms with van der Waals surface area (Å²) in [6.07, 6.45) is 8.01. The maximum atomic E-state index is 12.3. The van der Waals surface area contributed by atoms with E-state index in [1.54, 1.807) is 0 Å². The molecule has 0 saturated heterocycles. The van der Waals surface area contributed by atoms with Crippen molar-refractivity contribution in [2.24, 2.45) is 10.2 Å². The van der Waals surface area contributed by atoms with Crippen LogP contribution in [-0.4, -0.2) is 69.1 Å². The number of nitrogens with zero attached hydrogens (tertiary/aromatic N) is 6. The Bertz CT molecular complexity index is 880. The summed E-state index contributed by atoms with van der Waals surface area (Å²) < 4.78 is 0. The Morgan fingerprint density at radius 2 is 2.36 bits per heavy atom. The van der Waals surface area contributed by atoms with E-state index >= 15 is 0 Å². The summed E-state index contributed by atoms with van der Waals surface area (Å²) in [7, 11) is 1.93. The van der Waals surface area contributed by atoms with Crippen molar-refractivity contribution in [3.8, 4) is 0 Å². The highest BCUT2D eigenvalue weighted by molar-refractivity contribution is 6.40. The van der Waals surface area contributed by atoms with Crippen LogP contribution in [0.1, 0.15) is 18.7 Å². The maximum absolute atomic E-state index is 12.3. The molecule has 0 aromatic carbocycles. The number of carbonyl (C=O) groups is 1. The minimum Gasteiger partial charge on any atom is -0.298 e. The van der Waals surface area contributed by atoms with E-state index in [0.717, 1.165) is 17.7 Å². The van der Waals surface area contributed by atoms with Gasteiger partial charge in [-0.1, -0.05) is 11.5 Å². The molecule has 25 heavy (non-hydrogen) atoms. The van der Waals surface area contributed by atoms with E-state index in [-0.39, 0.29) is 11.8 Å². The number of carbonyl (C=O) groups excluding carboxylic acids is 1. The van der Waals surface area contributed by atoms with E-state index < -0.39 is 0 Å². The van der Waals surface area contributed by atoms with Crippen LogP contribution >= 0.6 is 0 Å². The lowest BCUT2D eigenvalue weighted by Crippen LogP contribution is -2.41. The molecule has 1 aromatic rings. The summed E-state index contributed by atoms with van der Waals surface area (Å²) in [4.78, 5) is 16.4. The number of aromatic nitrogens is 3. The molecule has 8 nitrogen and oxygen atoms in total. The molecule has 0 fully saturated rings. The van der Waals surface area contributed by atoms with Crippen molar-refractivity contribution in [1.29, 1.82) is 0 Å². The predicted octanol–water partition coefficient (Wildman–Crippen LogP) is 0.759. The van der Waals surface area contributed by atoms with Crippen LogP contribution in [0.4, 0.5) is 0 Å². The van der Waals surface area contributed by atoms with Gasteiger partial charge in [-0.05, 0) is 17.7 Å². The van der Waals surface area contributed by atoms with Gasteiger partial charge in [0.15, 0.2) is 11.6 Å². The highest BCUT2D eigenvalue weighted by atomic mass is 16.1. The average molecular weight is 335 g/mol. The summed E-state index contributed by atoms with van der Waals surface area (Å²) in [5.41, 5.74) is 8.25. The number of hydrogen-bond acceptors (Lipinski definition) is 7. The highest BCUT2D eigenvalue weighted by Gasteiger charge is 2.27. The van der Waals surface area contributed by atoms with Crippen LogP contribution in [0.15, 0.2) is 45.7 Å². The molecule has 1 aromatic heterocycles. The van der Waals surface area contributed by atoms with Crippen molar-refractivity contribution < 1.29 is 4.79 Å². The van der Waals surface area contributed by atoms with E-state index in [4.69, 9.17) is 0 Å². The van der Waals surface area contributed by atoms with Crippen molar-refractivity contribution in [1.82, 2.24) is 25.2 Å². The second kappa shape index (κ2) is 6.36. The molecule has 1 N–H and O–H groups in total. The van der Waals surface area contributed by atoms with Gasteiger partial charge in [-0.25, -0.2) is 4.98 Å². The molecule has 0 spiro atoms. The predicted molar refractivity (Wildman–Crippen MR) is 92.8 cm³/mol. The van der Waals surface area contributed by atoms with Crippen molar-refractivity contribution in [3.05, 3.63) is 41.3 Å². The van der Waals surface area contributed by atoms with Gasteiger partial charge in [0, 0.05) is 26.4 Å². The van der Waals surface area contributed by atoms with Gasteiger partial charge in [-0.15, -0.1) is 0 Å². The molecule has 0 saturated carbocycles. The Morgan fingerprint density at radius 3 is 3.12 bits per heavy atom. The Balaban J connectivity index is 1.52. The Morgan fingerprint density at radius 1 is 1.44 bits per heavy atom. The number of allylic oxidation sites excluding steroid dienone is 4. The van der Waals surface area contributed by atoms with Gasteiger partial charge in [0.1, 0.15) is 18.1 Å². The smallest absolute Gasteiger partial charge is 0.180 e. The van der Waals surface area contributed by atoms with Crippen LogP contribution < -0.4 is 0 Å². The van der Waals surface area contributed by atoms with Crippen molar-refractivity contribution in [2.75, 3.05) is 20.1 Å². The zero-order valence-electron chi connectivity index (χ0n) is 13.8. The minimum absolute atomic E-state index is 0.0913. The molecule has 3 heterocycles. The summed E-state index contributed by atoms with van der Waals surface area (Å²) in [5.74, 6) is 0.718. The molecule has 0 radical (unpaired) electrons. The maximum Gasteiger partial charge on any atom is 0.180 e. The Hall–Kier alpha value is -3.21. The number of nitrogens with one attached hydrogen (secondary N) is 1. The van der Waals surface area contributed by atoms with Crippen molar-refractivity contribution >= 4 is 23.3 Å². The minimum atomic E-state index is 0.0913. The number of hydrogen-bond donors (Lipinski definition) is 1. The fraction of sp³-hybridized carbons (Fsp3) is 0.353. The first-order valence-electron chi connectivity index (χ1n) is 8.09. The molecular formula is C17H17N7O. The summed E-state index contributed by atoms with van der Waals surface area (Å²) in [6, 6.07) is 0.119. The van der Waals surface area contributed by atoms with Crippen molar-refractivity contribution in [3.63, 3.8) is 0 Å². The van der Waals surface area contributed by atoms with E-state index in [0.29, 0.717) is 30.9 Å². The molecule has 4 rings (SSSR count). The highest BCUT2D eigenvalue weighted by Crippen LogP contribution is 2.20. The molecule has 1 atom stereocenters. The second-order valence-electron chi connectivity index (χ2n) is 6.11. The third-order valence-electron chi connectivity index (χ3n) is 4.24. The SMILES string of the molecule is CN1CC(N2CCC(=O)C(CC3=CC(c4ncn[nH]4)=C=C=C3)=N2)C=N1. The fourth-order valence-electron chi connectivity index (χ4n) is 2.95.